The van der Waals surface area contributed by atoms with Gasteiger partial charge < -0.3 is 5.32 Å². The molecule has 0 aliphatic heterocycles. The van der Waals surface area contributed by atoms with Gasteiger partial charge in [-0.3, -0.25) is 4.79 Å². The average Bonchev–Trinajstić information content (AvgIpc) is 2.49. The van der Waals surface area contributed by atoms with Gasteiger partial charge in [0.15, 0.2) is 0 Å². The van der Waals surface area contributed by atoms with Crippen LogP contribution in [-0.4, -0.2) is 5.91 Å². The van der Waals surface area contributed by atoms with Gasteiger partial charge in [-0.15, -0.1) is 0 Å². The van der Waals surface area contributed by atoms with E-state index in [1.165, 1.54) is 5.56 Å². The first kappa shape index (κ1) is 17.8. The zero-order valence-corrected chi connectivity index (χ0v) is 15.1. The topological polar surface area (TPSA) is 29.1 Å². The van der Waals surface area contributed by atoms with Gasteiger partial charge in [-0.25, -0.2) is 0 Å². The summed E-state index contributed by atoms with van der Waals surface area (Å²) in [4.78, 5) is 12.1. The number of benzene rings is 2. The number of hydrogen-bond donors (Lipinski definition) is 1. The maximum atomic E-state index is 12.1. The molecule has 0 radical (unpaired) electrons. The van der Waals surface area contributed by atoms with E-state index in [-0.39, 0.29) is 11.3 Å². The number of amides is 1. The lowest BCUT2D eigenvalue weighted by Gasteiger charge is -2.19. The molecule has 2 nitrogen and oxygen atoms in total. The summed E-state index contributed by atoms with van der Waals surface area (Å²) in [5.74, 6) is -0.0749. The molecule has 0 aliphatic rings. The van der Waals surface area contributed by atoms with Crippen molar-refractivity contribution in [2.75, 3.05) is 5.32 Å². The molecule has 0 spiro atoms. The van der Waals surface area contributed by atoms with Crippen molar-refractivity contribution in [1.29, 1.82) is 0 Å². The van der Waals surface area contributed by atoms with Crippen molar-refractivity contribution in [3.8, 4) is 0 Å². The van der Waals surface area contributed by atoms with Crippen LogP contribution in [0.1, 0.15) is 38.3 Å². The van der Waals surface area contributed by atoms with Crippen molar-refractivity contribution >= 4 is 34.8 Å². The predicted octanol–water partition coefficient (Wildman–Crippen LogP) is 5.86. The first-order chi connectivity index (χ1) is 10.8. The van der Waals surface area contributed by atoms with E-state index >= 15 is 0 Å². The molecule has 0 aromatic heterocycles. The van der Waals surface area contributed by atoms with Gasteiger partial charge in [-0.05, 0) is 35.1 Å². The van der Waals surface area contributed by atoms with E-state index in [4.69, 9.17) is 23.2 Å². The molecule has 2 rings (SSSR count). The number of hydrogen-bond acceptors (Lipinski definition) is 1. The molecule has 1 amide bonds. The standard InChI is InChI=1S/C19H21Cl2NO/c1-19(2,3)14-10-7-13(8-11-14)9-12-17(23)22-16-6-4-5-15(20)18(16)21/h4-8,10-11H,9,12H2,1-3H3,(H,22,23). The summed E-state index contributed by atoms with van der Waals surface area (Å²) >= 11 is 12.0. The number of aryl methyl sites for hydroxylation is 1. The zero-order chi connectivity index (χ0) is 17.0. The Hall–Kier alpha value is -1.51. The molecule has 2 aromatic carbocycles. The van der Waals surface area contributed by atoms with Crippen LogP contribution in [0.15, 0.2) is 42.5 Å². The van der Waals surface area contributed by atoms with Crippen molar-refractivity contribution in [3.05, 3.63) is 63.6 Å². The smallest absolute Gasteiger partial charge is 0.224 e. The first-order valence-electron chi connectivity index (χ1n) is 7.60. The van der Waals surface area contributed by atoms with Crippen molar-refractivity contribution in [3.63, 3.8) is 0 Å². The average molecular weight is 350 g/mol. The number of anilines is 1. The van der Waals surface area contributed by atoms with E-state index in [0.29, 0.717) is 28.6 Å². The fraction of sp³-hybridized carbons (Fsp3) is 0.316. The predicted molar refractivity (Wildman–Crippen MR) is 98.6 cm³/mol. The number of carbonyl (C=O) groups is 1. The van der Waals surface area contributed by atoms with Gasteiger partial charge in [0, 0.05) is 6.42 Å². The Labute approximate surface area is 147 Å². The van der Waals surface area contributed by atoms with Crippen LogP contribution in [0.3, 0.4) is 0 Å². The lowest BCUT2D eigenvalue weighted by molar-refractivity contribution is -0.116. The second-order valence-corrected chi connectivity index (χ2v) is 7.38. The van der Waals surface area contributed by atoms with Crippen molar-refractivity contribution in [2.24, 2.45) is 0 Å². The van der Waals surface area contributed by atoms with E-state index < -0.39 is 0 Å². The van der Waals surface area contributed by atoms with E-state index in [2.05, 4.69) is 50.4 Å². The molecule has 23 heavy (non-hydrogen) atoms. The van der Waals surface area contributed by atoms with Crippen LogP contribution < -0.4 is 5.32 Å². The highest BCUT2D eigenvalue weighted by atomic mass is 35.5. The van der Waals surface area contributed by atoms with Crippen LogP contribution in [0, 0.1) is 0 Å². The minimum Gasteiger partial charge on any atom is -0.325 e. The molecule has 4 heteroatoms. The third-order valence-electron chi connectivity index (χ3n) is 3.69. The third-order valence-corrected chi connectivity index (χ3v) is 4.51. The van der Waals surface area contributed by atoms with Gasteiger partial charge in [0.05, 0.1) is 15.7 Å². The molecular weight excluding hydrogens is 329 g/mol. The zero-order valence-electron chi connectivity index (χ0n) is 13.6. The van der Waals surface area contributed by atoms with E-state index in [1.54, 1.807) is 18.2 Å². The second-order valence-electron chi connectivity index (χ2n) is 6.60. The third kappa shape index (κ3) is 4.98. The van der Waals surface area contributed by atoms with Crippen LogP contribution in [0.2, 0.25) is 10.0 Å². The van der Waals surface area contributed by atoms with E-state index in [9.17, 15) is 4.79 Å². The van der Waals surface area contributed by atoms with Crippen LogP contribution >= 0.6 is 23.2 Å². The van der Waals surface area contributed by atoms with Gasteiger partial charge in [-0.1, -0.05) is 74.3 Å². The molecule has 0 saturated carbocycles. The number of nitrogens with one attached hydrogen (secondary N) is 1. The molecule has 0 heterocycles. The molecule has 0 fully saturated rings. The minimum atomic E-state index is -0.0749. The number of carbonyl (C=O) groups excluding carboxylic acids is 1. The summed E-state index contributed by atoms with van der Waals surface area (Å²) in [6.07, 6.45) is 1.09. The number of halogens is 2. The molecule has 122 valence electrons. The minimum absolute atomic E-state index is 0.0749. The summed E-state index contributed by atoms with van der Waals surface area (Å²) in [5.41, 5.74) is 3.12. The Morgan fingerprint density at radius 3 is 2.30 bits per heavy atom. The maximum Gasteiger partial charge on any atom is 0.224 e. The van der Waals surface area contributed by atoms with Crippen LogP contribution in [0.25, 0.3) is 0 Å². The Kier molecular flexibility index (Phi) is 5.72. The first-order valence-corrected chi connectivity index (χ1v) is 8.36. The fourth-order valence-electron chi connectivity index (χ4n) is 2.24. The SMILES string of the molecule is CC(C)(C)c1ccc(CCC(=O)Nc2cccc(Cl)c2Cl)cc1. The quantitative estimate of drug-likeness (QED) is 0.735. The van der Waals surface area contributed by atoms with Crippen molar-refractivity contribution in [1.82, 2.24) is 0 Å². The van der Waals surface area contributed by atoms with Crippen LogP contribution in [-0.2, 0) is 16.6 Å². The highest BCUT2D eigenvalue weighted by Gasteiger charge is 2.13. The van der Waals surface area contributed by atoms with Gasteiger partial charge in [0.25, 0.3) is 0 Å². The number of rotatable bonds is 4. The largest absolute Gasteiger partial charge is 0.325 e. The normalized spacial score (nSPS) is 11.3. The fourth-order valence-corrected chi connectivity index (χ4v) is 2.59. The summed E-state index contributed by atoms with van der Waals surface area (Å²) < 4.78 is 0. The maximum absolute atomic E-state index is 12.1. The Balaban J connectivity index is 1.93. The molecule has 2 aromatic rings. The molecule has 0 saturated heterocycles. The highest BCUT2D eigenvalue weighted by molar-refractivity contribution is 6.43. The Morgan fingerprint density at radius 2 is 1.70 bits per heavy atom. The second kappa shape index (κ2) is 7.37. The molecular formula is C19H21Cl2NO. The molecule has 1 N–H and O–H groups in total. The lowest BCUT2D eigenvalue weighted by Crippen LogP contribution is -2.13. The summed E-state index contributed by atoms with van der Waals surface area (Å²) in [6.45, 7) is 6.55. The van der Waals surface area contributed by atoms with Crippen LogP contribution in [0.5, 0.6) is 0 Å². The highest BCUT2D eigenvalue weighted by Crippen LogP contribution is 2.29. The van der Waals surface area contributed by atoms with Gasteiger partial charge in [-0.2, -0.15) is 0 Å². The Morgan fingerprint density at radius 1 is 1.04 bits per heavy atom. The summed E-state index contributed by atoms with van der Waals surface area (Å²) in [6, 6.07) is 13.6. The van der Waals surface area contributed by atoms with Crippen molar-refractivity contribution in [2.45, 2.75) is 39.0 Å². The Bertz CT molecular complexity index is 688. The van der Waals surface area contributed by atoms with Gasteiger partial charge in [0.2, 0.25) is 5.91 Å². The van der Waals surface area contributed by atoms with E-state index in [1.807, 2.05) is 0 Å². The summed E-state index contributed by atoms with van der Waals surface area (Å²) in [5, 5.41) is 3.61. The van der Waals surface area contributed by atoms with Gasteiger partial charge >= 0.3 is 0 Å². The summed E-state index contributed by atoms with van der Waals surface area (Å²) in [7, 11) is 0. The molecule has 0 aliphatic carbocycles. The molecule has 0 bridgehead atoms. The van der Waals surface area contributed by atoms with Crippen LogP contribution in [0.4, 0.5) is 5.69 Å². The molecule has 0 atom stereocenters. The van der Waals surface area contributed by atoms with Gasteiger partial charge in [0.1, 0.15) is 0 Å². The lowest BCUT2D eigenvalue weighted by atomic mass is 9.86. The van der Waals surface area contributed by atoms with E-state index in [0.717, 1.165) is 5.56 Å². The van der Waals surface area contributed by atoms with Crippen molar-refractivity contribution < 1.29 is 4.79 Å². The molecule has 0 unspecified atom stereocenters. The monoisotopic (exact) mass is 349 g/mol.